The molecule has 0 heterocycles. The summed E-state index contributed by atoms with van der Waals surface area (Å²) < 4.78 is 11.3. The van der Waals surface area contributed by atoms with Gasteiger partial charge in [-0.1, -0.05) is 169 Å². The number of carbonyl (C=O) groups is 2. The van der Waals surface area contributed by atoms with Gasteiger partial charge >= 0.3 is 35.8 Å². The monoisotopic (exact) mass is 716 g/mol. The number of hydrogen-bond acceptors (Lipinski definition) is 4. The molecule has 0 saturated heterocycles. The Labute approximate surface area is 285 Å². The Morgan fingerprint density at radius 2 is 0.581 bits per heavy atom. The van der Waals surface area contributed by atoms with Crippen LogP contribution in [0.15, 0.2) is 11.1 Å². The molecule has 0 aromatic carbocycles. The molecule has 0 aliphatic carbocycles. The van der Waals surface area contributed by atoms with E-state index >= 15 is 0 Å². The summed E-state index contributed by atoms with van der Waals surface area (Å²) in [6, 6.07) is 0. The average molecular weight is 716 g/mol. The van der Waals surface area contributed by atoms with Crippen LogP contribution in [0.25, 0.3) is 0 Å². The van der Waals surface area contributed by atoms with Crippen LogP contribution in [0.3, 0.4) is 0 Å². The van der Waals surface area contributed by atoms with Gasteiger partial charge < -0.3 is 9.47 Å². The van der Waals surface area contributed by atoms with Crippen LogP contribution < -0.4 is 0 Å². The standard InChI is InChI=1S/C38H72O4.Sn.4H/c1-5-9-13-15-17-19-21-23-25-27-29-31-35(37(39)41-33-11-7-3)36(38(40)42-34-12-8-4)32-30-28-26-24-22-20-18-16-14-10-6-2;;;;;/h5-34H2,1-4H3;;;;;/b36-35-;;;;;. The quantitative estimate of drug-likeness (QED) is 0.0301. The summed E-state index contributed by atoms with van der Waals surface area (Å²) in [5.74, 6) is -0.581. The van der Waals surface area contributed by atoms with Crippen molar-refractivity contribution < 1.29 is 19.1 Å². The summed E-state index contributed by atoms with van der Waals surface area (Å²) in [4.78, 5) is 26.4. The summed E-state index contributed by atoms with van der Waals surface area (Å²) in [6.45, 7) is 9.57. The van der Waals surface area contributed by atoms with E-state index in [4.69, 9.17) is 9.47 Å². The third-order valence-corrected chi connectivity index (χ3v) is 8.38. The van der Waals surface area contributed by atoms with Crippen LogP contribution in [-0.4, -0.2) is 49.1 Å². The SMILES string of the molecule is CCCCCCCCCCCCC/C(C(=O)OCCCC)=C(\CCCCCCCCCCCCC)C(=O)OCCCC.[SnH4]. The van der Waals surface area contributed by atoms with Crippen molar-refractivity contribution in [2.45, 2.75) is 207 Å². The molecular formula is C38H76O4Sn. The van der Waals surface area contributed by atoms with Crippen LogP contribution in [0, 0.1) is 0 Å². The van der Waals surface area contributed by atoms with E-state index in [0.717, 1.165) is 51.4 Å². The zero-order chi connectivity index (χ0) is 30.9. The Morgan fingerprint density at radius 1 is 0.349 bits per heavy atom. The van der Waals surface area contributed by atoms with E-state index in [1.54, 1.807) is 0 Å². The van der Waals surface area contributed by atoms with Crippen molar-refractivity contribution in [3.05, 3.63) is 11.1 Å². The molecule has 5 heteroatoms. The second-order valence-corrected chi connectivity index (χ2v) is 12.5. The molecule has 43 heavy (non-hydrogen) atoms. The maximum atomic E-state index is 13.2. The molecule has 0 radical (unpaired) electrons. The summed E-state index contributed by atoms with van der Waals surface area (Å²) in [7, 11) is 0. The average Bonchev–Trinajstić information content (AvgIpc) is 2.99. The normalized spacial score (nSPS) is 11.6. The molecule has 0 unspecified atom stereocenters. The molecule has 0 saturated carbocycles. The van der Waals surface area contributed by atoms with Gasteiger partial charge in [-0.2, -0.15) is 0 Å². The van der Waals surface area contributed by atoms with Crippen molar-refractivity contribution in [1.82, 2.24) is 0 Å². The van der Waals surface area contributed by atoms with Crippen LogP contribution in [-0.2, 0) is 19.1 Å². The third kappa shape index (κ3) is 28.7. The molecule has 0 aromatic heterocycles. The van der Waals surface area contributed by atoms with E-state index in [0.29, 0.717) is 37.2 Å². The van der Waals surface area contributed by atoms with Crippen molar-refractivity contribution in [2.75, 3.05) is 13.2 Å². The maximum absolute atomic E-state index is 13.2. The molecular weight excluding hydrogens is 639 g/mol. The molecule has 0 N–H and O–H groups in total. The van der Waals surface area contributed by atoms with Gasteiger partial charge in [-0.3, -0.25) is 0 Å². The van der Waals surface area contributed by atoms with Crippen LogP contribution in [0.4, 0.5) is 0 Å². The van der Waals surface area contributed by atoms with Crippen LogP contribution in [0.2, 0.25) is 0 Å². The fourth-order valence-corrected chi connectivity index (χ4v) is 5.48. The van der Waals surface area contributed by atoms with Crippen molar-refractivity contribution in [2.24, 2.45) is 0 Å². The third-order valence-electron chi connectivity index (χ3n) is 8.38. The van der Waals surface area contributed by atoms with Gasteiger partial charge in [-0.15, -0.1) is 0 Å². The molecule has 256 valence electrons. The predicted octanol–water partition coefficient (Wildman–Crippen LogP) is 10.9. The van der Waals surface area contributed by atoms with Gasteiger partial charge in [0, 0.05) is 11.1 Å². The number of esters is 2. The van der Waals surface area contributed by atoms with Crippen LogP contribution in [0.1, 0.15) is 207 Å². The van der Waals surface area contributed by atoms with Gasteiger partial charge in [0.05, 0.1) is 13.2 Å². The molecule has 0 rings (SSSR count). The van der Waals surface area contributed by atoms with Crippen molar-refractivity contribution >= 4 is 35.8 Å². The Hall–Kier alpha value is -0.521. The molecule has 0 atom stereocenters. The first kappa shape index (κ1) is 44.6. The number of carbonyl (C=O) groups excluding carboxylic acids is 2. The zero-order valence-electron chi connectivity index (χ0n) is 28.8. The summed E-state index contributed by atoms with van der Waals surface area (Å²) in [6.07, 6.45) is 32.7. The van der Waals surface area contributed by atoms with Gasteiger partial charge in [0.2, 0.25) is 0 Å². The first-order chi connectivity index (χ1) is 20.6. The molecule has 0 fully saturated rings. The Kier molecular flexibility index (Phi) is 37.3. The summed E-state index contributed by atoms with van der Waals surface area (Å²) >= 11 is 0. The van der Waals surface area contributed by atoms with Gasteiger partial charge in [0.1, 0.15) is 0 Å². The van der Waals surface area contributed by atoms with E-state index in [1.807, 2.05) is 0 Å². The van der Waals surface area contributed by atoms with E-state index in [1.165, 1.54) is 116 Å². The van der Waals surface area contributed by atoms with Crippen molar-refractivity contribution in [1.29, 1.82) is 0 Å². The Balaban J connectivity index is 0. The first-order valence-corrected chi connectivity index (χ1v) is 18.7. The Morgan fingerprint density at radius 3 is 0.837 bits per heavy atom. The number of hydrogen-bond donors (Lipinski definition) is 0. The number of rotatable bonds is 32. The second kappa shape index (κ2) is 36.0. The van der Waals surface area contributed by atoms with Crippen molar-refractivity contribution in [3.8, 4) is 0 Å². The molecule has 0 amide bonds. The summed E-state index contributed by atoms with van der Waals surface area (Å²) in [5, 5.41) is 0. The second-order valence-electron chi connectivity index (χ2n) is 12.5. The molecule has 4 nitrogen and oxygen atoms in total. The topological polar surface area (TPSA) is 52.6 Å². The molecule has 0 aliphatic rings. The zero-order valence-corrected chi connectivity index (χ0v) is 28.8. The minimum absolute atomic E-state index is 0. The van der Waals surface area contributed by atoms with E-state index in [2.05, 4.69) is 27.7 Å². The van der Waals surface area contributed by atoms with Gasteiger partial charge in [-0.05, 0) is 38.5 Å². The fraction of sp³-hybridized carbons (Fsp3) is 0.895. The van der Waals surface area contributed by atoms with Crippen LogP contribution >= 0.6 is 0 Å². The first-order valence-electron chi connectivity index (χ1n) is 18.7. The van der Waals surface area contributed by atoms with Crippen LogP contribution in [0.5, 0.6) is 0 Å². The Bertz CT molecular complexity index is 592. The van der Waals surface area contributed by atoms with E-state index in [-0.39, 0.29) is 35.8 Å². The van der Waals surface area contributed by atoms with Gasteiger partial charge in [0.25, 0.3) is 0 Å². The van der Waals surface area contributed by atoms with E-state index in [9.17, 15) is 9.59 Å². The van der Waals surface area contributed by atoms with Gasteiger partial charge in [0.15, 0.2) is 0 Å². The fourth-order valence-electron chi connectivity index (χ4n) is 5.48. The predicted molar refractivity (Wildman–Crippen MR) is 192 cm³/mol. The molecule has 0 aromatic rings. The molecule has 0 aliphatic heterocycles. The molecule has 0 bridgehead atoms. The number of unbranched alkanes of at least 4 members (excludes halogenated alkanes) is 22. The van der Waals surface area contributed by atoms with Gasteiger partial charge in [-0.25, -0.2) is 9.59 Å². The van der Waals surface area contributed by atoms with E-state index < -0.39 is 0 Å². The van der Waals surface area contributed by atoms with Crippen molar-refractivity contribution in [3.63, 3.8) is 0 Å². The summed E-state index contributed by atoms with van der Waals surface area (Å²) in [5.41, 5.74) is 1.19. The number of ether oxygens (including phenoxy) is 2. The minimum atomic E-state index is -0.291. The molecule has 0 spiro atoms.